The Bertz CT molecular complexity index is 1180. The van der Waals surface area contributed by atoms with E-state index in [1.165, 1.54) is 24.3 Å². The highest BCUT2D eigenvalue weighted by Crippen LogP contribution is 2.40. The first-order valence-electron chi connectivity index (χ1n) is 8.89. The van der Waals surface area contributed by atoms with Gasteiger partial charge in [-0.05, 0) is 24.3 Å². The molecule has 0 atom stereocenters. The van der Waals surface area contributed by atoms with E-state index in [9.17, 15) is 17.2 Å². The summed E-state index contributed by atoms with van der Waals surface area (Å²) in [6.07, 6.45) is -1.89. The van der Waals surface area contributed by atoms with Crippen molar-refractivity contribution in [3.05, 3.63) is 58.2 Å². The van der Waals surface area contributed by atoms with E-state index >= 15 is 0 Å². The molecule has 1 fully saturated rings. The van der Waals surface area contributed by atoms with E-state index in [-0.39, 0.29) is 31.4 Å². The van der Waals surface area contributed by atoms with Gasteiger partial charge in [-0.2, -0.15) is 0 Å². The Hall–Kier alpha value is -1.87. The number of aromatic nitrogens is 1. The first kappa shape index (κ1) is 20.4. The lowest BCUT2D eigenvalue weighted by molar-refractivity contribution is 0.153. The lowest BCUT2D eigenvalue weighted by Gasteiger charge is -2.30. The summed E-state index contributed by atoms with van der Waals surface area (Å²) < 4.78 is 55.3. The van der Waals surface area contributed by atoms with Crippen molar-refractivity contribution in [1.29, 1.82) is 0 Å². The van der Waals surface area contributed by atoms with Gasteiger partial charge in [-0.1, -0.05) is 35.3 Å². The third kappa shape index (κ3) is 3.59. The lowest BCUT2D eigenvalue weighted by atomic mass is 10.1. The number of nitrogens with zero attached hydrogens (tertiary/aromatic N) is 2. The van der Waals surface area contributed by atoms with Crippen LogP contribution in [0.25, 0.3) is 10.9 Å². The van der Waals surface area contributed by atoms with Crippen LogP contribution in [-0.2, 0) is 10.0 Å². The number of nitrogens with one attached hydrogen (secondary N) is 1. The van der Waals surface area contributed by atoms with Crippen LogP contribution in [0.1, 0.15) is 12.0 Å². The zero-order chi connectivity index (χ0) is 20.8. The largest absolute Gasteiger partial charge is 0.368 e. The van der Waals surface area contributed by atoms with E-state index in [1.807, 2.05) is 4.90 Å². The average molecular weight is 460 g/mol. The second kappa shape index (κ2) is 7.75. The zero-order valence-electron chi connectivity index (χ0n) is 15.1. The first-order chi connectivity index (χ1) is 13.8. The van der Waals surface area contributed by atoms with Gasteiger partial charge in [-0.25, -0.2) is 21.2 Å². The standard InChI is InChI=1S/C19H17Cl2F2N3O2S/c20-12-9-15(25-7-5-24-6-8-25)18-13(19(22)23)11-26(16(18)10-12)29(27,28)17-4-2-1-3-14(17)21/h1-4,9-11,19,24H,5-8H2. The molecule has 5 nitrogen and oxygen atoms in total. The summed E-state index contributed by atoms with van der Waals surface area (Å²) in [5, 5.41) is 3.66. The number of rotatable bonds is 4. The fourth-order valence-corrected chi connectivity index (χ4v) is 5.65. The molecule has 154 valence electrons. The van der Waals surface area contributed by atoms with Gasteiger partial charge in [0.25, 0.3) is 16.4 Å². The Morgan fingerprint density at radius 3 is 2.41 bits per heavy atom. The molecule has 1 aliphatic heterocycles. The molecule has 0 spiro atoms. The molecule has 0 bridgehead atoms. The van der Waals surface area contributed by atoms with Crippen molar-refractivity contribution in [2.45, 2.75) is 11.3 Å². The monoisotopic (exact) mass is 459 g/mol. The minimum Gasteiger partial charge on any atom is -0.368 e. The zero-order valence-corrected chi connectivity index (χ0v) is 17.4. The highest BCUT2D eigenvalue weighted by Gasteiger charge is 2.29. The van der Waals surface area contributed by atoms with E-state index in [0.717, 1.165) is 10.2 Å². The second-order valence-corrected chi connectivity index (χ2v) is 9.30. The lowest BCUT2D eigenvalue weighted by Crippen LogP contribution is -2.43. The van der Waals surface area contributed by atoms with Gasteiger partial charge in [0.2, 0.25) is 0 Å². The molecule has 2 heterocycles. The molecule has 29 heavy (non-hydrogen) atoms. The maximum Gasteiger partial charge on any atom is 0.269 e. The molecule has 1 N–H and O–H groups in total. The number of fused-ring (bicyclic) bond motifs is 1. The number of halogens is 4. The Morgan fingerprint density at radius 2 is 1.76 bits per heavy atom. The predicted molar refractivity (Wildman–Crippen MR) is 111 cm³/mol. The number of alkyl halides is 2. The maximum absolute atomic E-state index is 13.9. The summed E-state index contributed by atoms with van der Waals surface area (Å²) in [7, 11) is -4.21. The predicted octanol–water partition coefficient (Wildman–Crippen LogP) is 4.53. The molecule has 0 unspecified atom stereocenters. The molecular weight excluding hydrogens is 443 g/mol. The van der Waals surface area contributed by atoms with Gasteiger partial charge in [-0.15, -0.1) is 0 Å². The summed E-state index contributed by atoms with van der Waals surface area (Å²) in [5.41, 5.74) is 0.236. The molecule has 4 rings (SSSR count). The third-order valence-corrected chi connectivity index (χ3v) is 7.30. The van der Waals surface area contributed by atoms with Crippen molar-refractivity contribution in [1.82, 2.24) is 9.29 Å². The fourth-order valence-electron chi connectivity index (χ4n) is 3.59. The summed E-state index contributed by atoms with van der Waals surface area (Å²) in [4.78, 5) is 1.77. The number of hydrogen-bond acceptors (Lipinski definition) is 4. The molecule has 0 radical (unpaired) electrons. The van der Waals surface area contributed by atoms with Crippen LogP contribution >= 0.6 is 23.2 Å². The molecule has 0 amide bonds. The maximum atomic E-state index is 13.9. The minimum absolute atomic E-state index is 0.0114. The number of piperazine rings is 1. The number of benzene rings is 2. The van der Waals surface area contributed by atoms with Crippen LogP contribution in [0, 0.1) is 0 Å². The average Bonchev–Trinajstić information content (AvgIpc) is 3.08. The number of hydrogen-bond donors (Lipinski definition) is 1. The molecule has 1 aliphatic rings. The van der Waals surface area contributed by atoms with Crippen molar-refractivity contribution in [3.8, 4) is 0 Å². The van der Waals surface area contributed by atoms with Gasteiger partial charge in [0.15, 0.2) is 0 Å². The molecule has 0 saturated carbocycles. The van der Waals surface area contributed by atoms with E-state index in [0.29, 0.717) is 31.9 Å². The quantitative estimate of drug-likeness (QED) is 0.622. The molecular formula is C19H17Cl2F2N3O2S. The first-order valence-corrected chi connectivity index (χ1v) is 11.1. The topological polar surface area (TPSA) is 54.3 Å². The Kier molecular flexibility index (Phi) is 5.46. The summed E-state index contributed by atoms with van der Waals surface area (Å²) in [6, 6.07) is 8.90. The normalized spacial score (nSPS) is 15.4. The Balaban J connectivity index is 2.02. The van der Waals surface area contributed by atoms with Gasteiger partial charge in [0.1, 0.15) is 4.90 Å². The van der Waals surface area contributed by atoms with Crippen molar-refractivity contribution in [2.24, 2.45) is 0 Å². The van der Waals surface area contributed by atoms with Crippen LogP contribution < -0.4 is 10.2 Å². The highest BCUT2D eigenvalue weighted by molar-refractivity contribution is 7.90. The van der Waals surface area contributed by atoms with Gasteiger partial charge in [0, 0.05) is 54.0 Å². The minimum atomic E-state index is -4.21. The van der Waals surface area contributed by atoms with Crippen molar-refractivity contribution in [3.63, 3.8) is 0 Å². The SMILES string of the molecule is O=S(=O)(c1ccccc1Cl)n1cc(C(F)F)c2c(N3CCNCC3)cc(Cl)cc21. The van der Waals surface area contributed by atoms with E-state index in [4.69, 9.17) is 23.2 Å². The summed E-state index contributed by atoms with van der Waals surface area (Å²) >= 11 is 12.3. The highest BCUT2D eigenvalue weighted by atomic mass is 35.5. The van der Waals surface area contributed by atoms with Crippen LogP contribution in [0.3, 0.4) is 0 Å². The van der Waals surface area contributed by atoms with Crippen LogP contribution in [0.4, 0.5) is 14.5 Å². The van der Waals surface area contributed by atoms with Crippen molar-refractivity contribution >= 4 is 49.8 Å². The van der Waals surface area contributed by atoms with Crippen LogP contribution in [0.2, 0.25) is 10.0 Å². The second-order valence-electron chi connectivity index (χ2n) is 6.67. The Labute approximate surface area is 176 Å². The molecule has 1 saturated heterocycles. The summed E-state index contributed by atoms with van der Waals surface area (Å²) in [6.45, 7) is 2.58. The molecule has 0 aliphatic carbocycles. The summed E-state index contributed by atoms with van der Waals surface area (Å²) in [5.74, 6) is 0. The van der Waals surface area contributed by atoms with Crippen molar-refractivity contribution < 1.29 is 17.2 Å². The molecule has 1 aromatic heterocycles. The molecule has 2 aromatic carbocycles. The van der Waals surface area contributed by atoms with Crippen LogP contribution in [0.5, 0.6) is 0 Å². The molecule has 10 heteroatoms. The van der Waals surface area contributed by atoms with Crippen molar-refractivity contribution in [2.75, 3.05) is 31.1 Å². The third-order valence-electron chi connectivity index (χ3n) is 4.91. The van der Waals surface area contributed by atoms with Gasteiger partial charge in [0.05, 0.1) is 10.5 Å². The van der Waals surface area contributed by atoms with Gasteiger partial charge < -0.3 is 10.2 Å². The van der Waals surface area contributed by atoms with Gasteiger partial charge in [-0.3, -0.25) is 0 Å². The fraction of sp³-hybridized carbons (Fsp3) is 0.263. The Morgan fingerprint density at radius 1 is 1.07 bits per heavy atom. The van der Waals surface area contributed by atoms with Gasteiger partial charge >= 0.3 is 0 Å². The number of anilines is 1. The van der Waals surface area contributed by atoms with E-state index in [2.05, 4.69) is 5.32 Å². The molecule has 3 aromatic rings. The van der Waals surface area contributed by atoms with Crippen LogP contribution in [0.15, 0.2) is 47.5 Å². The van der Waals surface area contributed by atoms with E-state index < -0.39 is 16.4 Å². The van der Waals surface area contributed by atoms with Crippen LogP contribution in [-0.4, -0.2) is 38.6 Å². The smallest absolute Gasteiger partial charge is 0.269 e. The van der Waals surface area contributed by atoms with E-state index in [1.54, 1.807) is 12.1 Å².